The second kappa shape index (κ2) is 6.04. The van der Waals surface area contributed by atoms with Crippen LogP contribution in [-0.4, -0.2) is 12.0 Å². The average molecular weight is 277 g/mol. The molecular formula is C15H17ClN2O. The first kappa shape index (κ1) is 13.8. The number of halogens is 1. The van der Waals surface area contributed by atoms with Crippen molar-refractivity contribution < 1.29 is 4.74 Å². The van der Waals surface area contributed by atoms with Gasteiger partial charge in [-0.25, -0.2) is 0 Å². The Morgan fingerprint density at radius 3 is 2.58 bits per heavy atom. The fourth-order valence-corrected chi connectivity index (χ4v) is 2.04. The molecule has 19 heavy (non-hydrogen) atoms. The maximum absolute atomic E-state index is 6.16. The van der Waals surface area contributed by atoms with Crippen molar-refractivity contribution in [3.63, 3.8) is 0 Å². The molecule has 100 valence electrons. The summed E-state index contributed by atoms with van der Waals surface area (Å²) in [6, 6.07) is 5.82. The number of rotatable bonds is 4. The smallest absolute Gasteiger partial charge is 0.150 e. The summed E-state index contributed by atoms with van der Waals surface area (Å²) in [5, 5.41) is 3.90. The molecule has 0 saturated heterocycles. The molecule has 0 amide bonds. The van der Waals surface area contributed by atoms with E-state index in [9.17, 15) is 0 Å². The molecule has 1 heterocycles. The molecule has 0 fully saturated rings. The van der Waals surface area contributed by atoms with Gasteiger partial charge in [0.2, 0.25) is 0 Å². The van der Waals surface area contributed by atoms with Crippen LogP contribution in [-0.2, 0) is 6.54 Å². The quantitative estimate of drug-likeness (QED) is 0.921. The van der Waals surface area contributed by atoms with Crippen LogP contribution in [0.2, 0.25) is 5.02 Å². The minimum atomic E-state index is 0.739. The zero-order chi connectivity index (χ0) is 13.8. The molecule has 0 saturated carbocycles. The lowest BCUT2D eigenvalue weighted by molar-refractivity contribution is 0.471. The monoisotopic (exact) mass is 276 g/mol. The van der Waals surface area contributed by atoms with Crippen molar-refractivity contribution in [3.8, 4) is 11.5 Å². The van der Waals surface area contributed by atoms with Crippen molar-refractivity contribution in [2.75, 3.05) is 7.05 Å². The van der Waals surface area contributed by atoms with Gasteiger partial charge in [-0.15, -0.1) is 0 Å². The number of nitrogens with one attached hydrogen (secondary N) is 1. The van der Waals surface area contributed by atoms with Crippen molar-refractivity contribution in [3.05, 3.63) is 52.3 Å². The standard InChI is InChI=1S/C15H17ClN2O/c1-10-6-13(7-11(2)15(10)16)19-14-9-18-5-4-12(14)8-17-3/h4-7,9,17H,8H2,1-3H3. The normalized spacial score (nSPS) is 10.5. The molecule has 1 N–H and O–H groups in total. The first-order chi connectivity index (χ1) is 9.11. The summed E-state index contributed by atoms with van der Waals surface area (Å²) >= 11 is 6.16. The summed E-state index contributed by atoms with van der Waals surface area (Å²) in [5.41, 5.74) is 3.09. The number of ether oxygens (including phenoxy) is 1. The average Bonchev–Trinajstić information content (AvgIpc) is 2.38. The second-order valence-corrected chi connectivity index (χ2v) is 4.86. The largest absolute Gasteiger partial charge is 0.455 e. The molecule has 0 radical (unpaired) electrons. The number of aromatic nitrogens is 1. The first-order valence-electron chi connectivity index (χ1n) is 6.14. The highest BCUT2D eigenvalue weighted by Gasteiger charge is 2.07. The van der Waals surface area contributed by atoms with Gasteiger partial charge in [0.15, 0.2) is 0 Å². The van der Waals surface area contributed by atoms with Crippen LogP contribution in [0.15, 0.2) is 30.6 Å². The zero-order valence-corrected chi connectivity index (χ0v) is 12.1. The second-order valence-electron chi connectivity index (χ2n) is 4.49. The van der Waals surface area contributed by atoms with E-state index >= 15 is 0 Å². The van der Waals surface area contributed by atoms with Gasteiger partial charge in [-0.1, -0.05) is 11.6 Å². The maximum atomic E-state index is 6.16. The molecule has 3 nitrogen and oxygen atoms in total. The van der Waals surface area contributed by atoms with E-state index in [1.54, 1.807) is 12.4 Å². The van der Waals surface area contributed by atoms with Gasteiger partial charge in [0.25, 0.3) is 0 Å². The third-order valence-corrected chi connectivity index (χ3v) is 3.47. The van der Waals surface area contributed by atoms with Crippen molar-refractivity contribution in [2.24, 2.45) is 0 Å². The first-order valence-corrected chi connectivity index (χ1v) is 6.51. The summed E-state index contributed by atoms with van der Waals surface area (Å²) in [6.45, 7) is 4.68. The van der Waals surface area contributed by atoms with Crippen molar-refractivity contribution in [1.29, 1.82) is 0 Å². The number of hydrogen-bond acceptors (Lipinski definition) is 3. The Labute approximate surface area is 118 Å². The Morgan fingerprint density at radius 2 is 1.95 bits per heavy atom. The molecule has 0 aliphatic heterocycles. The van der Waals surface area contributed by atoms with Gasteiger partial charge >= 0.3 is 0 Å². The van der Waals surface area contributed by atoms with Crippen LogP contribution in [0.3, 0.4) is 0 Å². The fraction of sp³-hybridized carbons (Fsp3) is 0.267. The van der Waals surface area contributed by atoms with Gasteiger partial charge in [0.05, 0.1) is 6.20 Å². The molecule has 2 rings (SSSR count). The predicted octanol–water partition coefficient (Wildman–Crippen LogP) is 3.86. The molecule has 1 aromatic heterocycles. The molecule has 0 bridgehead atoms. The van der Waals surface area contributed by atoms with E-state index < -0.39 is 0 Å². The minimum absolute atomic E-state index is 0.739. The molecule has 2 aromatic rings. The van der Waals surface area contributed by atoms with Crippen LogP contribution >= 0.6 is 11.6 Å². The number of pyridine rings is 1. The molecule has 4 heteroatoms. The summed E-state index contributed by atoms with van der Waals surface area (Å²) in [6.07, 6.45) is 3.49. The van der Waals surface area contributed by atoms with Gasteiger partial charge < -0.3 is 10.1 Å². The highest BCUT2D eigenvalue weighted by atomic mass is 35.5. The number of nitrogens with zero attached hydrogens (tertiary/aromatic N) is 1. The van der Waals surface area contributed by atoms with Crippen molar-refractivity contribution >= 4 is 11.6 Å². The van der Waals surface area contributed by atoms with E-state index in [1.165, 1.54) is 0 Å². The third kappa shape index (κ3) is 3.25. The Hall–Kier alpha value is -1.58. The molecule has 0 atom stereocenters. The van der Waals surface area contributed by atoms with Crippen molar-refractivity contribution in [2.45, 2.75) is 20.4 Å². The minimum Gasteiger partial charge on any atom is -0.455 e. The van der Waals surface area contributed by atoms with Crippen LogP contribution in [0, 0.1) is 13.8 Å². The third-order valence-electron chi connectivity index (χ3n) is 2.88. The van der Waals surface area contributed by atoms with E-state index in [4.69, 9.17) is 16.3 Å². The molecule has 1 aromatic carbocycles. The summed E-state index contributed by atoms with van der Waals surface area (Å²) in [7, 11) is 1.90. The van der Waals surface area contributed by atoms with Crippen molar-refractivity contribution in [1.82, 2.24) is 10.3 Å². The maximum Gasteiger partial charge on any atom is 0.150 e. The number of hydrogen-bond donors (Lipinski definition) is 1. The van der Waals surface area contributed by atoms with E-state index in [1.807, 2.05) is 39.1 Å². The lowest BCUT2D eigenvalue weighted by Crippen LogP contribution is -2.06. The van der Waals surface area contributed by atoms with Crippen LogP contribution < -0.4 is 10.1 Å². The van der Waals surface area contributed by atoms with Gasteiger partial charge in [-0.2, -0.15) is 0 Å². The Balaban J connectivity index is 2.31. The lowest BCUT2D eigenvalue weighted by atomic mass is 10.1. The lowest BCUT2D eigenvalue weighted by Gasteiger charge is -2.12. The zero-order valence-electron chi connectivity index (χ0n) is 11.3. The summed E-state index contributed by atoms with van der Waals surface area (Å²) in [5.74, 6) is 1.54. The van der Waals surface area contributed by atoms with E-state index in [0.29, 0.717) is 0 Å². The Kier molecular flexibility index (Phi) is 4.40. The molecule has 0 spiro atoms. The number of benzene rings is 1. The van der Waals surface area contributed by atoms with Gasteiger partial charge in [-0.05, 0) is 50.2 Å². The molecule has 0 unspecified atom stereocenters. The van der Waals surface area contributed by atoms with Crippen LogP contribution in [0.1, 0.15) is 16.7 Å². The molecule has 0 aliphatic rings. The van der Waals surface area contributed by atoms with Gasteiger partial charge in [0.1, 0.15) is 11.5 Å². The highest BCUT2D eigenvalue weighted by Crippen LogP contribution is 2.30. The van der Waals surface area contributed by atoms with E-state index in [-0.39, 0.29) is 0 Å². The van der Waals surface area contributed by atoms with Gasteiger partial charge in [-0.3, -0.25) is 4.98 Å². The number of aryl methyl sites for hydroxylation is 2. The van der Waals surface area contributed by atoms with Crippen LogP contribution in [0.4, 0.5) is 0 Å². The molecule has 0 aliphatic carbocycles. The van der Waals surface area contributed by atoms with E-state index in [2.05, 4.69) is 10.3 Å². The predicted molar refractivity (Wildman–Crippen MR) is 78.0 cm³/mol. The SMILES string of the molecule is CNCc1ccncc1Oc1cc(C)c(Cl)c(C)c1. The van der Waals surface area contributed by atoms with Crippen LogP contribution in [0.5, 0.6) is 11.5 Å². The van der Waals surface area contributed by atoms with E-state index in [0.717, 1.165) is 39.8 Å². The fourth-order valence-electron chi connectivity index (χ4n) is 1.93. The Morgan fingerprint density at radius 1 is 1.26 bits per heavy atom. The van der Waals surface area contributed by atoms with Crippen LogP contribution in [0.25, 0.3) is 0 Å². The topological polar surface area (TPSA) is 34.2 Å². The summed E-state index contributed by atoms with van der Waals surface area (Å²) in [4.78, 5) is 4.11. The highest BCUT2D eigenvalue weighted by molar-refractivity contribution is 6.32. The van der Waals surface area contributed by atoms with Gasteiger partial charge in [0, 0.05) is 23.3 Å². The summed E-state index contributed by atoms with van der Waals surface area (Å²) < 4.78 is 5.92. The molecular weight excluding hydrogens is 260 g/mol. The Bertz CT molecular complexity index is 561.